The largest absolute Gasteiger partial charge is 0.463 e. The Morgan fingerprint density at radius 2 is 1.33 bits per heavy atom. The van der Waals surface area contributed by atoms with E-state index in [9.17, 15) is 4.79 Å². The molecule has 0 heterocycles. The fourth-order valence-corrected chi connectivity index (χ4v) is 2.14. The number of hydrogen-bond donors (Lipinski definition) is 0. The lowest BCUT2D eigenvalue weighted by molar-refractivity contribution is -0.138. The molecule has 0 aliphatic carbocycles. The summed E-state index contributed by atoms with van der Waals surface area (Å²) in [5.41, 5.74) is 4.01. The highest BCUT2D eigenvalue weighted by molar-refractivity contribution is 5.89. The van der Waals surface area contributed by atoms with Crippen molar-refractivity contribution in [3.63, 3.8) is 0 Å². The van der Waals surface area contributed by atoms with E-state index in [2.05, 4.69) is 57.2 Å². The number of hydrogen-bond acceptors (Lipinski definition) is 2. The quantitative estimate of drug-likeness (QED) is 0.151. The lowest BCUT2D eigenvalue weighted by Gasteiger charge is -2.09. The van der Waals surface area contributed by atoms with Gasteiger partial charge in [0, 0.05) is 5.57 Å². The van der Waals surface area contributed by atoms with Crippen LogP contribution >= 0.6 is 0 Å². The fourth-order valence-electron chi connectivity index (χ4n) is 2.14. The van der Waals surface area contributed by atoms with Gasteiger partial charge in [0.2, 0.25) is 0 Å². The SMILES string of the molecule is CC=CCCC=CCCC=CC(C)=C(C)C(C)=C(C)C(=O)OCC. The van der Waals surface area contributed by atoms with Gasteiger partial charge in [-0.25, -0.2) is 4.79 Å². The number of rotatable bonds is 10. The number of allylic oxidation sites excluding steroid dienone is 9. The molecule has 24 heavy (non-hydrogen) atoms. The molecule has 0 radical (unpaired) electrons. The lowest BCUT2D eigenvalue weighted by Crippen LogP contribution is -2.07. The summed E-state index contributed by atoms with van der Waals surface area (Å²) >= 11 is 0. The number of esters is 1. The second-order valence-corrected chi connectivity index (χ2v) is 5.88. The second kappa shape index (κ2) is 13.6. The second-order valence-electron chi connectivity index (χ2n) is 5.88. The van der Waals surface area contributed by atoms with Crippen molar-refractivity contribution in [2.24, 2.45) is 0 Å². The van der Waals surface area contributed by atoms with Crippen LogP contribution in [0.1, 0.15) is 67.2 Å². The van der Waals surface area contributed by atoms with Gasteiger partial charge < -0.3 is 4.74 Å². The molecule has 0 spiro atoms. The van der Waals surface area contributed by atoms with Crippen LogP contribution in [0.3, 0.4) is 0 Å². The summed E-state index contributed by atoms with van der Waals surface area (Å²) in [6, 6.07) is 0. The molecule has 2 nitrogen and oxygen atoms in total. The zero-order valence-corrected chi connectivity index (χ0v) is 16.3. The first-order valence-electron chi connectivity index (χ1n) is 8.90. The summed E-state index contributed by atoms with van der Waals surface area (Å²) in [5, 5.41) is 0. The predicted octanol–water partition coefficient (Wildman–Crippen LogP) is 6.47. The van der Waals surface area contributed by atoms with Crippen LogP contribution in [-0.4, -0.2) is 12.6 Å². The maximum absolute atomic E-state index is 11.8. The molecule has 0 saturated carbocycles. The average molecular weight is 331 g/mol. The summed E-state index contributed by atoms with van der Waals surface area (Å²) in [6.07, 6.45) is 17.4. The molecule has 0 saturated heterocycles. The first kappa shape index (κ1) is 22.2. The maximum Gasteiger partial charge on any atom is 0.333 e. The molecule has 0 aromatic rings. The van der Waals surface area contributed by atoms with E-state index >= 15 is 0 Å². The van der Waals surface area contributed by atoms with Crippen molar-refractivity contribution in [3.8, 4) is 0 Å². The zero-order valence-electron chi connectivity index (χ0n) is 16.3. The smallest absolute Gasteiger partial charge is 0.333 e. The van der Waals surface area contributed by atoms with Crippen LogP contribution in [-0.2, 0) is 9.53 Å². The number of carbonyl (C=O) groups is 1. The highest BCUT2D eigenvalue weighted by Crippen LogP contribution is 2.19. The molecule has 0 rings (SSSR count). The van der Waals surface area contributed by atoms with Gasteiger partial charge in [-0.05, 0) is 83.9 Å². The Hall–Kier alpha value is -1.83. The van der Waals surface area contributed by atoms with Crippen molar-refractivity contribution in [3.05, 3.63) is 58.7 Å². The molecule has 0 N–H and O–H groups in total. The van der Waals surface area contributed by atoms with E-state index in [-0.39, 0.29) is 5.97 Å². The third-order valence-electron chi connectivity index (χ3n) is 4.07. The third-order valence-corrected chi connectivity index (χ3v) is 4.07. The van der Waals surface area contributed by atoms with Crippen LogP contribution < -0.4 is 0 Å². The van der Waals surface area contributed by atoms with E-state index in [0.29, 0.717) is 12.2 Å². The molecule has 0 fully saturated rings. The van der Waals surface area contributed by atoms with Crippen molar-refractivity contribution in [2.45, 2.75) is 67.2 Å². The minimum absolute atomic E-state index is 0.228. The summed E-state index contributed by atoms with van der Waals surface area (Å²) in [5.74, 6) is -0.228. The Morgan fingerprint density at radius 1 is 0.792 bits per heavy atom. The van der Waals surface area contributed by atoms with E-state index in [1.54, 1.807) is 0 Å². The van der Waals surface area contributed by atoms with Crippen molar-refractivity contribution in [1.82, 2.24) is 0 Å². The highest BCUT2D eigenvalue weighted by Gasteiger charge is 2.10. The molecule has 0 aromatic carbocycles. The van der Waals surface area contributed by atoms with Gasteiger partial charge in [0.1, 0.15) is 0 Å². The van der Waals surface area contributed by atoms with Crippen LogP contribution in [0, 0.1) is 0 Å². The van der Waals surface area contributed by atoms with Gasteiger partial charge in [0.25, 0.3) is 0 Å². The van der Waals surface area contributed by atoms with Crippen molar-refractivity contribution in [1.29, 1.82) is 0 Å². The Balaban J connectivity index is 4.55. The van der Waals surface area contributed by atoms with Crippen molar-refractivity contribution >= 4 is 5.97 Å². The zero-order chi connectivity index (χ0) is 18.4. The van der Waals surface area contributed by atoms with E-state index in [1.165, 1.54) is 5.57 Å². The molecular formula is C22H34O2. The molecule has 0 aliphatic heterocycles. The summed E-state index contributed by atoms with van der Waals surface area (Å²) in [7, 11) is 0. The molecule has 0 aromatic heterocycles. The normalized spacial score (nSPS) is 14.4. The number of unbranched alkanes of at least 4 members (excludes halogenated alkanes) is 2. The van der Waals surface area contributed by atoms with Gasteiger partial charge in [-0.15, -0.1) is 0 Å². The van der Waals surface area contributed by atoms with Crippen LogP contribution in [0.2, 0.25) is 0 Å². The van der Waals surface area contributed by atoms with Crippen LogP contribution in [0.4, 0.5) is 0 Å². The molecule has 0 atom stereocenters. The Morgan fingerprint density at radius 3 is 1.88 bits per heavy atom. The minimum Gasteiger partial charge on any atom is -0.463 e. The van der Waals surface area contributed by atoms with E-state index in [0.717, 1.165) is 36.8 Å². The fraction of sp³-hybridized carbons (Fsp3) is 0.500. The van der Waals surface area contributed by atoms with Crippen molar-refractivity contribution in [2.75, 3.05) is 6.61 Å². The Bertz CT molecular complexity index is 528. The first-order valence-corrected chi connectivity index (χ1v) is 8.90. The minimum atomic E-state index is -0.228. The highest BCUT2D eigenvalue weighted by atomic mass is 16.5. The molecular weight excluding hydrogens is 296 g/mol. The van der Waals surface area contributed by atoms with Gasteiger partial charge in [-0.2, -0.15) is 0 Å². The van der Waals surface area contributed by atoms with Crippen LogP contribution in [0.25, 0.3) is 0 Å². The summed E-state index contributed by atoms with van der Waals surface area (Å²) in [6.45, 7) is 12.2. The average Bonchev–Trinajstić information content (AvgIpc) is 2.58. The Kier molecular flexibility index (Phi) is 12.6. The van der Waals surface area contributed by atoms with Crippen LogP contribution in [0.15, 0.2) is 58.7 Å². The standard InChI is InChI=1S/C22H34O2/c1-7-9-10-11-12-13-14-15-16-17-18(3)19(4)20(5)21(6)22(23)24-8-2/h7,9,12-13,16-17H,8,10-11,14-15H2,1-6H3. The van der Waals surface area contributed by atoms with E-state index in [1.807, 2.05) is 20.8 Å². The monoisotopic (exact) mass is 330 g/mol. The predicted molar refractivity (Wildman–Crippen MR) is 105 cm³/mol. The molecule has 134 valence electrons. The Labute approximate surface area is 148 Å². The third kappa shape index (κ3) is 9.34. The summed E-state index contributed by atoms with van der Waals surface area (Å²) in [4.78, 5) is 11.8. The maximum atomic E-state index is 11.8. The van der Waals surface area contributed by atoms with Crippen molar-refractivity contribution < 1.29 is 9.53 Å². The van der Waals surface area contributed by atoms with E-state index in [4.69, 9.17) is 4.74 Å². The van der Waals surface area contributed by atoms with E-state index < -0.39 is 0 Å². The first-order chi connectivity index (χ1) is 11.5. The molecule has 0 unspecified atom stereocenters. The topological polar surface area (TPSA) is 26.3 Å². The van der Waals surface area contributed by atoms with Gasteiger partial charge >= 0.3 is 5.97 Å². The van der Waals surface area contributed by atoms with Gasteiger partial charge in [-0.3, -0.25) is 0 Å². The number of ether oxygens (including phenoxy) is 1. The van der Waals surface area contributed by atoms with Crippen LogP contribution in [0.5, 0.6) is 0 Å². The number of carbonyl (C=O) groups excluding carboxylic acids is 1. The van der Waals surface area contributed by atoms with Gasteiger partial charge in [0.05, 0.1) is 6.61 Å². The van der Waals surface area contributed by atoms with Gasteiger partial charge in [0.15, 0.2) is 0 Å². The van der Waals surface area contributed by atoms with Gasteiger partial charge in [-0.1, -0.05) is 36.5 Å². The molecule has 2 heteroatoms. The molecule has 0 amide bonds. The lowest BCUT2D eigenvalue weighted by atomic mass is 9.99. The summed E-state index contributed by atoms with van der Waals surface area (Å²) < 4.78 is 5.07. The molecule has 0 aliphatic rings. The molecule has 0 bridgehead atoms.